The summed E-state index contributed by atoms with van der Waals surface area (Å²) in [6.45, 7) is 2.76. The fraction of sp³-hybridized carbons (Fsp3) is 0.304. The fourth-order valence-corrected chi connectivity index (χ4v) is 4.11. The highest BCUT2D eigenvalue weighted by molar-refractivity contribution is 5.81. The first-order valence-corrected chi connectivity index (χ1v) is 10.1. The maximum atomic E-state index is 12.4. The molecule has 146 valence electrons. The lowest BCUT2D eigenvalue weighted by Gasteiger charge is -2.18. The van der Waals surface area contributed by atoms with Gasteiger partial charge in [0.1, 0.15) is 0 Å². The number of aryl methyl sites for hydroxylation is 3. The van der Waals surface area contributed by atoms with Crippen LogP contribution in [0.5, 0.6) is 0 Å². The molecule has 2 aromatic rings. The van der Waals surface area contributed by atoms with E-state index >= 15 is 0 Å². The summed E-state index contributed by atoms with van der Waals surface area (Å²) < 4.78 is 2.00. The molecule has 1 fully saturated rings. The van der Waals surface area contributed by atoms with Crippen molar-refractivity contribution in [3.8, 4) is 11.5 Å². The van der Waals surface area contributed by atoms with Gasteiger partial charge in [0, 0.05) is 6.54 Å². The normalized spacial score (nSPS) is 14.0. The highest BCUT2D eigenvalue weighted by Gasteiger charge is 2.27. The Morgan fingerprint density at radius 1 is 1.10 bits per heavy atom. The van der Waals surface area contributed by atoms with Crippen molar-refractivity contribution in [2.45, 2.75) is 45.1 Å². The van der Waals surface area contributed by atoms with Crippen molar-refractivity contribution in [2.75, 3.05) is 0 Å². The molecule has 6 nitrogen and oxygen atoms in total. The maximum Gasteiger partial charge on any atom is 0.349 e. The number of nitrogens with one attached hydrogen (secondary N) is 1. The van der Waals surface area contributed by atoms with E-state index in [-0.39, 0.29) is 5.69 Å². The Morgan fingerprint density at radius 2 is 1.90 bits per heavy atom. The monoisotopic (exact) mass is 386 g/mol. The van der Waals surface area contributed by atoms with Crippen LogP contribution in [0.25, 0.3) is 22.6 Å². The molecular weight excluding hydrogens is 364 g/mol. The van der Waals surface area contributed by atoms with Gasteiger partial charge < -0.3 is 4.57 Å². The number of aromatic nitrogens is 4. The van der Waals surface area contributed by atoms with Crippen LogP contribution in [0, 0.1) is 6.92 Å². The molecule has 3 aliphatic rings. The minimum absolute atomic E-state index is 0.218. The lowest BCUT2D eigenvalue weighted by Crippen LogP contribution is -2.29. The minimum Gasteiger partial charge on any atom is -0.322 e. The second-order valence-corrected chi connectivity index (χ2v) is 7.87. The van der Waals surface area contributed by atoms with Gasteiger partial charge in [0.05, 0.1) is 11.0 Å². The Kier molecular flexibility index (Phi) is 4.27. The third kappa shape index (κ3) is 3.35. The third-order valence-electron chi connectivity index (χ3n) is 5.70. The number of benzene rings is 2. The lowest BCUT2D eigenvalue weighted by molar-refractivity contribution is 0.648. The molecule has 5 rings (SSSR count). The largest absolute Gasteiger partial charge is 0.349 e. The van der Waals surface area contributed by atoms with Crippen molar-refractivity contribution in [1.82, 2.24) is 19.5 Å². The van der Waals surface area contributed by atoms with Crippen LogP contribution in [0.15, 0.2) is 52.1 Å². The third-order valence-corrected chi connectivity index (χ3v) is 5.70. The van der Waals surface area contributed by atoms with E-state index in [0.717, 1.165) is 23.9 Å². The molecule has 0 unspecified atom stereocenters. The van der Waals surface area contributed by atoms with E-state index in [0.29, 0.717) is 18.3 Å². The summed E-state index contributed by atoms with van der Waals surface area (Å²) in [5.74, 6) is 0.972. The number of fused-ring (bicyclic) bond motifs is 2. The molecule has 0 amide bonds. The average Bonchev–Trinajstić information content (AvgIpc) is 3.54. The van der Waals surface area contributed by atoms with Gasteiger partial charge in [0.2, 0.25) is 0 Å². The standard InChI is InChI=1S/C23H22N4O2/c1-14-12-18-19(13-17(14)16-9-10-16)27(11-5-8-15-6-3-2-4-7-15)21-20(24-18)22(28)26-23(29)25-21/h2-4,6-7,12-13,16H,5,8-11H2,1H3,(H,26,28,29). The highest BCUT2D eigenvalue weighted by Crippen LogP contribution is 2.42. The number of H-pyrrole nitrogens is 1. The number of nitrogens with zero attached hydrogens (tertiary/aromatic N) is 3. The summed E-state index contributed by atoms with van der Waals surface area (Å²) in [6.07, 6.45) is 4.21. The maximum absolute atomic E-state index is 12.4. The van der Waals surface area contributed by atoms with Gasteiger partial charge in [-0.15, -0.1) is 0 Å². The first-order valence-electron chi connectivity index (χ1n) is 10.1. The van der Waals surface area contributed by atoms with Crippen LogP contribution < -0.4 is 11.2 Å². The summed E-state index contributed by atoms with van der Waals surface area (Å²) in [5.41, 5.74) is 4.62. The van der Waals surface area contributed by atoms with E-state index in [1.807, 2.05) is 22.8 Å². The van der Waals surface area contributed by atoms with Gasteiger partial charge in [-0.2, -0.15) is 4.98 Å². The van der Waals surface area contributed by atoms with Crippen LogP contribution in [-0.2, 0) is 13.0 Å². The predicted molar refractivity (Wildman–Crippen MR) is 113 cm³/mol. The van der Waals surface area contributed by atoms with Gasteiger partial charge in [0.15, 0.2) is 11.5 Å². The van der Waals surface area contributed by atoms with Gasteiger partial charge >= 0.3 is 5.69 Å². The Bertz CT molecular complexity index is 1290. The van der Waals surface area contributed by atoms with Crippen LogP contribution in [0.2, 0.25) is 0 Å². The Balaban J connectivity index is 1.65. The van der Waals surface area contributed by atoms with Gasteiger partial charge in [-0.25, -0.2) is 9.78 Å². The molecule has 2 aliphatic heterocycles. The minimum atomic E-state index is -0.630. The summed E-state index contributed by atoms with van der Waals surface area (Å²) in [5, 5.41) is 0. The van der Waals surface area contributed by atoms with E-state index in [1.54, 1.807) is 0 Å². The second kappa shape index (κ2) is 6.95. The van der Waals surface area contributed by atoms with E-state index in [4.69, 9.17) is 0 Å². The molecule has 1 aliphatic carbocycles. The molecule has 0 radical (unpaired) electrons. The van der Waals surface area contributed by atoms with Crippen LogP contribution >= 0.6 is 0 Å². The van der Waals surface area contributed by atoms with Crippen molar-refractivity contribution in [3.05, 3.63) is 80.0 Å². The van der Waals surface area contributed by atoms with Crippen molar-refractivity contribution in [3.63, 3.8) is 0 Å². The summed E-state index contributed by atoms with van der Waals surface area (Å²) in [4.78, 5) is 35.2. The van der Waals surface area contributed by atoms with Gasteiger partial charge in [-0.3, -0.25) is 9.78 Å². The van der Waals surface area contributed by atoms with Crippen LogP contribution in [-0.4, -0.2) is 19.5 Å². The number of hydrogen-bond donors (Lipinski definition) is 1. The molecule has 1 saturated carbocycles. The SMILES string of the molecule is Cc1cc2nc3c(=O)[nH]c(=O)nc-3n(CCCc3ccccc3)c2cc1C1CC1. The molecule has 2 heterocycles. The Morgan fingerprint density at radius 3 is 2.66 bits per heavy atom. The molecule has 6 heteroatoms. The Hall–Kier alpha value is -3.28. The van der Waals surface area contributed by atoms with Gasteiger partial charge in [-0.05, 0) is 67.3 Å². The summed E-state index contributed by atoms with van der Waals surface area (Å²) in [7, 11) is 0. The van der Waals surface area contributed by atoms with Crippen molar-refractivity contribution in [2.24, 2.45) is 0 Å². The van der Waals surface area contributed by atoms with Crippen molar-refractivity contribution < 1.29 is 0 Å². The summed E-state index contributed by atoms with van der Waals surface area (Å²) >= 11 is 0. The fourth-order valence-electron chi connectivity index (χ4n) is 4.11. The smallest absolute Gasteiger partial charge is 0.322 e. The molecule has 0 spiro atoms. The van der Waals surface area contributed by atoms with Gasteiger partial charge in [0.25, 0.3) is 5.56 Å². The van der Waals surface area contributed by atoms with Crippen molar-refractivity contribution >= 4 is 11.0 Å². The molecule has 29 heavy (non-hydrogen) atoms. The van der Waals surface area contributed by atoms with Crippen molar-refractivity contribution in [1.29, 1.82) is 0 Å². The van der Waals surface area contributed by atoms with Gasteiger partial charge in [-0.1, -0.05) is 30.3 Å². The molecule has 0 bridgehead atoms. The topological polar surface area (TPSA) is 80.6 Å². The molecule has 0 saturated heterocycles. The first kappa shape index (κ1) is 17.8. The quantitative estimate of drug-likeness (QED) is 0.533. The van der Waals surface area contributed by atoms with Crippen LogP contribution in [0.4, 0.5) is 0 Å². The molecular formula is C23H22N4O2. The van der Waals surface area contributed by atoms with E-state index < -0.39 is 11.2 Å². The van der Waals surface area contributed by atoms with Crippen LogP contribution in [0.1, 0.15) is 41.9 Å². The molecule has 0 atom stereocenters. The lowest BCUT2D eigenvalue weighted by atomic mass is 10.0. The number of hydrogen-bond acceptors (Lipinski definition) is 4. The van der Waals surface area contributed by atoms with Crippen LogP contribution in [0.3, 0.4) is 0 Å². The zero-order valence-corrected chi connectivity index (χ0v) is 16.3. The highest BCUT2D eigenvalue weighted by atomic mass is 16.2. The van der Waals surface area contributed by atoms with E-state index in [9.17, 15) is 9.59 Å². The first-order chi connectivity index (χ1) is 14.1. The van der Waals surface area contributed by atoms with E-state index in [2.05, 4.69) is 46.1 Å². The average molecular weight is 386 g/mol. The molecule has 2 aromatic carbocycles. The summed E-state index contributed by atoms with van der Waals surface area (Å²) in [6, 6.07) is 14.5. The van der Waals surface area contributed by atoms with E-state index in [1.165, 1.54) is 29.5 Å². The second-order valence-electron chi connectivity index (χ2n) is 7.87. The Labute approximate surface area is 167 Å². The molecule has 1 N–H and O–H groups in total. The number of aromatic amines is 1. The zero-order chi connectivity index (χ0) is 20.0. The number of rotatable bonds is 5. The molecule has 0 aromatic heterocycles. The zero-order valence-electron chi connectivity index (χ0n) is 16.3. The predicted octanol–water partition coefficient (Wildman–Crippen LogP) is 3.40.